The first kappa shape index (κ1) is 21.8. The highest BCUT2D eigenvalue weighted by Gasteiger charge is 2.42. The monoisotopic (exact) mass is 395 g/mol. The van der Waals surface area contributed by atoms with Crippen LogP contribution >= 0.6 is 0 Å². The van der Waals surface area contributed by atoms with E-state index in [0.717, 1.165) is 32.1 Å². The summed E-state index contributed by atoms with van der Waals surface area (Å²) >= 11 is 0. The van der Waals surface area contributed by atoms with Crippen molar-refractivity contribution in [3.8, 4) is 12.0 Å². The van der Waals surface area contributed by atoms with E-state index >= 15 is 0 Å². The van der Waals surface area contributed by atoms with Crippen molar-refractivity contribution in [2.45, 2.75) is 83.1 Å². The number of hydrogen-bond acceptors (Lipinski definition) is 6. The number of nitrogens with zero attached hydrogens (tertiary/aromatic N) is 1. The van der Waals surface area contributed by atoms with Crippen LogP contribution in [0.2, 0.25) is 0 Å². The lowest BCUT2D eigenvalue weighted by molar-refractivity contribution is 0.0323. The molecule has 7 heteroatoms. The Morgan fingerprint density at radius 2 is 2.14 bits per heavy atom. The van der Waals surface area contributed by atoms with Crippen LogP contribution in [0.1, 0.15) is 52.4 Å². The molecule has 28 heavy (non-hydrogen) atoms. The second-order valence-electron chi connectivity index (χ2n) is 8.94. The van der Waals surface area contributed by atoms with Crippen LogP contribution in [0.15, 0.2) is 0 Å². The summed E-state index contributed by atoms with van der Waals surface area (Å²) in [5, 5.41) is 20.7. The van der Waals surface area contributed by atoms with E-state index < -0.39 is 6.17 Å². The number of aliphatic hydroxyl groups is 1. The molecule has 6 nitrogen and oxygen atoms in total. The Balaban J connectivity index is 1.61. The van der Waals surface area contributed by atoms with Gasteiger partial charge in [-0.3, -0.25) is 20.9 Å². The van der Waals surface area contributed by atoms with Crippen molar-refractivity contribution in [1.29, 1.82) is 0 Å². The van der Waals surface area contributed by atoms with E-state index in [1.807, 2.05) is 0 Å². The van der Waals surface area contributed by atoms with E-state index in [0.29, 0.717) is 25.4 Å². The minimum absolute atomic E-state index is 0.0536. The maximum Gasteiger partial charge on any atom is 0.104 e. The van der Waals surface area contributed by atoms with E-state index in [1.165, 1.54) is 0 Å². The maximum atomic E-state index is 13.7. The molecule has 2 aliphatic heterocycles. The van der Waals surface area contributed by atoms with E-state index in [1.54, 1.807) is 0 Å². The quantitative estimate of drug-likeness (QED) is 0.264. The average Bonchev–Trinajstić information content (AvgIpc) is 3.10. The zero-order valence-electron chi connectivity index (χ0n) is 17.3. The summed E-state index contributed by atoms with van der Waals surface area (Å²) < 4.78 is 13.7. The molecule has 6 N–H and O–H groups in total. The van der Waals surface area contributed by atoms with Crippen molar-refractivity contribution in [3.63, 3.8) is 0 Å². The summed E-state index contributed by atoms with van der Waals surface area (Å²) in [6.07, 6.45) is 5.03. The molecule has 0 amide bonds. The number of alkyl halides is 1. The number of halogens is 1. The third-order valence-corrected chi connectivity index (χ3v) is 6.49. The Kier molecular flexibility index (Phi) is 7.95. The second-order valence-corrected chi connectivity index (χ2v) is 8.94. The van der Waals surface area contributed by atoms with Crippen LogP contribution in [0, 0.1) is 29.7 Å². The lowest BCUT2D eigenvalue weighted by Crippen LogP contribution is -2.68. The predicted molar refractivity (Wildman–Crippen MR) is 110 cm³/mol. The summed E-state index contributed by atoms with van der Waals surface area (Å²) in [4.78, 5) is 2.19. The van der Waals surface area contributed by atoms with Crippen molar-refractivity contribution >= 4 is 0 Å². The Bertz CT molecular complexity index is 551. The van der Waals surface area contributed by atoms with E-state index in [4.69, 9.17) is 5.73 Å². The van der Waals surface area contributed by atoms with Crippen molar-refractivity contribution in [2.75, 3.05) is 19.7 Å². The Hall–Kier alpha value is -0.910. The Morgan fingerprint density at radius 1 is 1.32 bits per heavy atom. The number of nitrogens with one attached hydrogen (secondary N) is 3. The van der Waals surface area contributed by atoms with Gasteiger partial charge in [0.2, 0.25) is 0 Å². The number of nitrogens with two attached hydrogens (primary N) is 1. The number of unbranched alkanes of at least 4 members (excludes halogenated alkanes) is 1. The van der Waals surface area contributed by atoms with Gasteiger partial charge in [-0.05, 0) is 38.1 Å². The molecule has 6 unspecified atom stereocenters. The van der Waals surface area contributed by atoms with Crippen molar-refractivity contribution in [1.82, 2.24) is 20.9 Å². The SMILES string of the molecule is CC(C)C1C#CN2C(NCC3CCC3F)CC(N[C@@H](CO)CCCCN)NC12. The highest BCUT2D eigenvalue weighted by atomic mass is 19.1. The normalized spacial score (nSPS) is 35.3. The number of rotatable bonds is 11. The van der Waals surface area contributed by atoms with Gasteiger partial charge in [-0.2, -0.15) is 0 Å². The molecule has 1 aliphatic carbocycles. The van der Waals surface area contributed by atoms with Gasteiger partial charge in [-0.15, -0.1) is 0 Å². The molecular formula is C21H38FN5O. The minimum Gasteiger partial charge on any atom is -0.395 e. The van der Waals surface area contributed by atoms with E-state index in [9.17, 15) is 9.50 Å². The number of hydrogen-bond donors (Lipinski definition) is 5. The van der Waals surface area contributed by atoms with Crippen molar-refractivity contribution in [2.24, 2.45) is 23.5 Å². The van der Waals surface area contributed by atoms with Gasteiger partial charge < -0.3 is 10.8 Å². The summed E-state index contributed by atoms with van der Waals surface area (Å²) in [6, 6.07) is 3.37. The fourth-order valence-electron chi connectivity index (χ4n) is 4.46. The molecule has 0 aromatic heterocycles. The highest BCUT2D eigenvalue weighted by Crippen LogP contribution is 2.31. The standard InChI is InChI=1S/C21H38FN5O/c1-14(2)17-8-10-27-20(24-12-15-6-7-18(15)22)11-19(26-21(17)27)25-16(13-28)5-3-4-9-23/h14-21,24-26,28H,3-7,9,11-13,23H2,1-2H3/t15?,16-,17?,18?,19?,20?,21?/m1/s1. The van der Waals surface area contributed by atoms with Crippen LogP contribution in [0.3, 0.4) is 0 Å². The van der Waals surface area contributed by atoms with Gasteiger partial charge in [-0.25, -0.2) is 4.39 Å². The molecule has 2 heterocycles. The number of aliphatic hydroxyl groups excluding tert-OH is 1. The third-order valence-electron chi connectivity index (χ3n) is 6.49. The van der Waals surface area contributed by atoms with Crippen LogP contribution in [-0.4, -0.2) is 60.4 Å². The van der Waals surface area contributed by atoms with Crippen LogP contribution in [-0.2, 0) is 0 Å². The molecule has 0 aromatic carbocycles. The van der Waals surface area contributed by atoms with Crippen LogP contribution in [0.4, 0.5) is 4.39 Å². The highest BCUT2D eigenvalue weighted by molar-refractivity contribution is 5.19. The molecule has 7 atom stereocenters. The van der Waals surface area contributed by atoms with E-state index in [-0.39, 0.29) is 43.0 Å². The molecule has 0 aromatic rings. The van der Waals surface area contributed by atoms with E-state index in [2.05, 4.69) is 46.7 Å². The first-order valence-electron chi connectivity index (χ1n) is 11.0. The van der Waals surface area contributed by atoms with Crippen LogP contribution in [0.25, 0.3) is 0 Å². The first-order chi connectivity index (χ1) is 13.5. The lowest BCUT2D eigenvalue weighted by Gasteiger charge is -2.46. The molecule has 1 saturated carbocycles. The van der Waals surface area contributed by atoms with Gasteiger partial charge in [0, 0.05) is 31.0 Å². The molecule has 3 rings (SSSR count). The zero-order chi connectivity index (χ0) is 20.1. The molecule has 2 fully saturated rings. The smallest absolute Gasteiger partial charge is 0.104 e. The van der Waals surface area contributed by atoms with Gasteiger partial charge in [0.1, 0.15) is 12.3 Å². The largest absolute Gasteiger partial charge is 0.395 e. The van der Waals surface area contributed by atoms with Gasteiger partial charge in [0.25, 0.3) is 0 Å². The maximum absolute atomic E-state index is 13.7. The van der Waals surface area contributed by atoms with Gasteiger partial charge >= 0.3 is 0 Å². The molecule has 3 aliphatic rings. The molecule has 1 saturated heterocycles. The summed E-state index contributed by atoms with van der Waals surface area (Å²) in [5.41, 5.74) is 5.59. The fourth-order valence-corrected chi connectivity index (χ4v) is 4.46. The van der Waals surface area contributed by atoms with Gasteiger partial charge in [0.15, 0.2) is 0 Å². The third kappa shape index (κ3) is 5.17. The lowest BCUT2D eigenvalue weighted by atomic mass is 9.83. The first-order valence-corrected chi connectivity index (χ1v) is 11.0. The Labute approximate surface area is 169 Å². The number of fused-ring (bicyclic) bond motifs is 1. The summed E-state index contributed by atoms with van der Waals surface area (Å²) in [6.45, 7) is 5.92. The van der Waals surface area contributed by atoms with Crippen LogP contribution < -0.4 is 21.7 Å². The predicted octanol–water partition coefficient (Wildman–Crippen LogP) is 0.924. The molecule has 160 valence electrons. The fraction of sp³-hybridized carbons (Fsp3) is 0.905. The van der Waals surface area contributed by atoms with Gasteiger partial charge in [0.05, 0.1) is 24.9 Å². The topological polar surface area (TPSA) is 85.6 Å². The second kappa shape index (κ2) is 10.2. The molecule has 0 radical (unpaired) electrons. The average molecular weight is 396 g/mol. The summed E-state index contributed by atoms with van der Waals surface area (Å²) in [7, 11) is 0. The Morgan fingerprint density at radius 3 is 2.75 bits per heavy atom. The van der Waals surface area contributed by atoms with Gasteiger partial charge in [-0.1, -0.05) is 26.2 Å². The summed E-state index contributed by atoms with van der Waals surface area (Å²) in [5.74, 6) is 4.24. The molecular weight excluding hydrogens is 357 g/mol. The van der Waals surface area contributed by atoms with Crippen LogP contribution in [0.5, 0.6) is 0 Å². The molecule has 0 spiro atoms. The van der Waals surface area contributed by atoms with Crippen molar-refractivity contribution < 1.29 is 9.50 Å². The minimum atomic E-state index is -0.659. The molecule has 0 bridgehead atoms. The zero-order valence-corrected chi connectivity index (χ0v) is 17.3. The van der Waals surface area contributed by atoms with Crippen molar-refractivity contribution in [3.05, 3.63) is 0 Å².